The molecule has 0 spiro atoms. The number of aliphatic hydroxyl groups excluding tert-OH is 1. The van der Waals surface area contributed by atoms with Gasteiger partial charge in [-0.15, -0.1) is 11.3 Å². The first-order chi connectivity index (χ1) is 18.0. The van der Waals surface area contributed by atoms with Crippen LogP contribution in [0.1, 0.15) is 86.0 Å². The number of rotatable bonds is 6. The van der Waals surface area contributed by atoms with E-state index in [2.05, 4.69) is 43.2 Å². The number of nitrogens with one attached hydrogen (secondary N) is 1. The average molecular weight is 569 g/mol. The molecule has 1 aromatic heterocycles. The molecule has 2 heterocycles. The number of carboxylic acids is 1. The van der Waals surface area contributed by atoms with Crippen molar-refractivity contribution in [2.75, 3.05) is 19.6 Å². The van der Waals surface area contributed by atoms with Gasteiger partial charge in [0, 0.05) is 19.5 Å². The fourth-order valence-electron chi connectivity index (χ4n) is 2.80. The zero-order valence-corrected chi connectivity index (χ0v) is 25.0. The molecule has 0 aliphatic carbocycles. The van der Waals surface area contributed by atoms with Crippen LogP contribution in [0.25, 0.3) is 10.4 Å². The Labute approximate surface area is 239 Å². The smallest absolute Gasteiger partial charge is 0.303 e. The molecule has 9 nitrogen and oxygen atoms in total. The molecule has 10 heteroatoms. The van der Waals surface area contributed by atoms with Crippen molar-refractivity contribution >= 4 is 29.6 Å². The van der Waals surface area contributed by atoms with E-state index >= 15 is 0 Å². The van der Waals surface area contributed by atoms with Crippen LogP contribution in [0.15, 0.2) is 29.8 Å². The van der Waals surface area contributed by atoms with Gasteiger partial charge in [0.05, 0.1) is 34.8 Å². The van der Waals surface area contributed by atoms with Crippen molar-refractivity contribution < 1.29 is 24.6 Å². The molecule has 1 aliphatic heterocycles. The lowest BCUT2D eigenvalue weighted by atomic mass is 10.1. The average Bonchev–Trinajstić information content (AvgIpc) is 3.53. The number of hydrogen-bond donors (Lipinski definition) is 4. The Hall–Kier alpha value is -2.82. The molecule has 1 saturated heterocycles. The Morgan fingerprint density at radius 2 is 1.72 bits per heavy atom. The van der Waals surface area contributed by atoms with E-state index in [-0.39, 0.29) is 38.4 Å². The van der Waals surface area contributed by atoms with Gasteiger partial charge in [0.15, 0.2) is 0 Å². The van der Waals surface area contributed by atoms with Crippen LogP contribution < -0.4 is 11.1 Å². The van der Waals surface area contributed by atoms with Gasteiger partial charge in [-0.2, -0.15) is 0 Å². The fourth-order valence-corrected chi connectivity index (χ4v) is 3.61. The summed E-state index contributed by atoms with van der Waals surface area (Å²) in [5.41, 5.74) is 10.3. The maximum Gasteiger partial charge on any atom is 0.303 e. The summed E-state index contributed by atoms with van der Waals surface area (Å²) in [4.78, 5) is 37.6. The van der Waals surface area contributed by atoms with E-state index in [4.69, 9.17) is 15.9 Å². The number of aliphatic hydroxyl groups is 1. The predicted octanol–water partition coefficient (Wildman–Crippen LogP) is 5.27. The van der Waals surface area contributed by atoms with Gasteiger partial charge in [0.25, 0.3) is 0 Å². The second kappa shape index (κ2) is 24.2. The molecular formula is C29H52N4O5S. The second-order valence-electron chi connectivity index (χ2n) is 8.86. The van der Waals surface area contributed by atoms with Crippen LogP contribution in [0.2, 0.25) is 0 Å². The number of likely N-dealkylation sites (tertiary alicyclic amines) is 1. The standard InChI is InChI=1S/C13H14N2OS.C6H12N2O2.C4H10.C3H6O2.C2H6.CH4/c1-9(14-7-16)11-3-5-12(6-4-11)13-10(2)15-8-17-13;7-3-6(10)8-2-1-5(9)4-8;1-4(2)3;1-2-3(4)5;1-2;/h3-9H,1-2H3,(H,14,16);5,9H,1-4,7H2;4H,1-3H3;2H2,1H3,(H,4,5);1-2H3;1H4. The number of nitrogens with zero attached hydrogens (tertiary/aromatic N) is 2. The minimum absolute atomic E-state index is 0. The topological polar surface area (TPSA) is 146 Å². The third-order valence-electron chi connectivity index (χ3n) is 4.73. The molecule has 2 amide bonds. The number of thiazole rings is 1. The van der Waals surface area contributed by atoms with Crippen LogP contribution in [0, 0.1) is 12.8 Å². The Morgan fingerprint density at radius 3 is 2.05 bits per heavy atom. The first-order valence-corrected chi connectivity index (χ1v) is 13.9. The Bertz CT molecular complexity index is 901. The summed E-state index contributed by atoms with van der Waals surface area (Å²) in [6.07, 6.45) is 1.30. The van der Waals surface area contributed by atoms with E-state index in [0.717, 1.165) is 23.6 Å². The summed E-state index contributed by atoms with van der Waals surface area (Å²) in [6, 6.07) is 8.26. The van der Waals surface area contributed by atoms with Crippen LogP contribution in [-0.4, -0.2) is 64.1 Å². The van der Waals surface area contributed by atoms with Gasteiger partial charge in [-0.3, -0.25) is 14.4 Å². The Balaban J connectivity index is -0.000000502. The highest BCUT2D eigenvalue weighted by molar-refractivity contribution is 7.13. The van der Waals surface area contributed by atoms with Crippen LogP contribution in [0.3, 0.4) is 0 Å². The maximum atomic E-state index is 10.8. The van der Waals surface area contributed by atoms with Crippen molar-refractivity contribution in [2.45, 2.75) is 87.8 Å². The maximum absolute atomic E-state index is 10.8. The molecule has 5 N–H and O–H groups in total. The number of nitrogens with two attached hydrogens (primary N) is 1. The molecule has 39 heavy (non-hydrogen) atoms. The second-order valence-corrected chi connectivity index (χ2v) is 9.72. The summed E-state index contributed by atoms with van der Waals surface area (Å²) in [5.74, 6) is 0.0153. The van der Waals surface area contributed by atoms with E-state index in [0.29, 0.717) is 19.5 Å². The zero-order chi connectivity index (χ0) is 29.7. The molecule has 1 fully saturated rings. The minimum atomic E-state index is -0.745. The highest BCUT2D eigenvalue weighted by Gasteiger charge is 2.22. The number of β-amino-alcohol motifs (C(OH)–C–C–N with tert-alkyl or cyclic N) is 1. The van der Waals surface area contributed by atoms with Crippen LogP contribution in [0.4, 0.5) is 0 Å². The lowest BCUT2D eigenvalue weighted by Gasteiger charge is -2.13. The first-order valence-electron chi connectivity index (χ1n) is 13.0. The van der Waals surface area contributed by atoms with Crippen molar-refractivity contribution in [3.8, 4) is 10.4 Å². The molecule has 2 aromatic rings. The third kappa shape index (κ3) is 19.0. The number of aliphatic carboxylic acids is 1. The monoisotopic (exact) mass is 568 g/mol. The summed E-state index contributed by atoms with van der Waals surface area (Å²) >= 11 is 1.64. The summed E-state index contributed by atoms with van der Waals surface area (Å²) in [5, 5.41) is 19.5. The van der Waals surface area contributed by atoms with Gasteiger partial charge in [-0.05, 0) is 37.3 Å². The summed E-state index contributed by atoms with van der Waals surface area (Å²) in [7, 11) is 0. The fraction of sp³-hybridized carbons (Fsp3) is 0.586. The van der Waals surface area contributed by atoms with Crippen LogP contribution >= 0.6 is 11.3 Å². The van der Waals surface area contributed by atoms with Gasteiger partial charge >= 0.3 is 5.97 Å². The molecule has 0 saturated carbocycles. The van der Waals surface area contributed by atoms with Crippen LogP contribution in [0.5, 0.6) is 0 Å². The number of aromatic nitrogens is 1. The van der Waals surface area contributed by atoms with Crippen molar-refractivity contribution in [3.05, 3.63) is 41.0 Å². The van der Waals surface area contributed by atoms with Gasteiger partial charge in [-0.1, -0.05) is 73.2 Å². The minimum Gasteiger partial charge on any atom is -0.481 e. The number of amides is 2. The lowest BCUT2D eigenvalue weighted by Crippen LogP contribution is -2.34. The zero-order valence-electron chi connectivity index (χ0n) is 24.2. The number of benzene rings is 1. The van der Waals surface area contributed by atoms with Crippen molar-refractivity contribution in [1.82, 2.24) is 15.2 Å². The quantitative estimate of drug-likeness (QED) is 0.347. The number of carboxylic acid groups (broad SMARTS) is 1. The Kier molecular flexibility index (Phi) is 25.3. The first kappa shape index (κ1) is 40.7. The number of hydrogen-bond acceptors (Lipinski definition) is 7. The van der Waals surface area contributed by atoms with Crippen molar-refractivity contribution in [3.63, 3.8) is 0 Å². The molecule has 1 aliphatic rings. The van der Waals surface area contributed by atoms with E-state index in [9.17, 15) is 14.4 Å². The van der Waals surface area contributed by atoms with E-state index in [1.54, 1.807) is 23.2 Å². The largest absolute Gasteiger partial charge is 0.481 e. The van der Waals surface area contributed by atoms with E-state index in [1.165, 1.54) is 10.4 Å². The predicted molar refractivity (Wildman–Crippen MR) is 163 cm³/mol. The molecule has 2 atom stereocenters. The highest BCUT2D eigenvalue weighted by atomic mass is 32.1. The molecule has 1 aromatic carbocycles. The summed E-state index contributed by atoms with van der Waals surface area (Å²) < 4.78 is 0. The van der Waals surface area contributed by atoms with Gasteiger partial charge in [0.2, 0.25) is 12.3 Å². The van der Waals surface area contributed by atoms with Crippen LogP contribution in [-0.2, 0) is 14.4 Å². The van der Waals surface area contributed by atoms with Gasteiger partial charge in [0.1, 0.15) is 0 Å². The van der Waals surface area contributed by atoms with Crippen molar-refractivity contribution in [1.29, 1.82) is 0 Å². The molecule has 0 radical (unpaired) electrons. The van der Waals surface area contributed by atoms with Gasteiger partial charge in [-0.25, -0.2) is 4.98 Å². The number of carbonyl (C=O) groups is 3. The van der Waals surface area contributed by atoms with E-state index < -0.39 is 5.97 Å². The van der Waals surface area contributed by atoms with Crippen molar-refractivity contribution in [2.24, 2.45) is 11.7 Å². The highest BCUT2D eigenvalue weighted by Crippen LogP contribution is 2.28. The third-order valence-corrected chi connectivity index (χ3v) is 5.71. The molecule has 224 valence electrons. The molecule has 2 unspecified atom stereocenters. The lowest BCUT2D eigenvalue weighted by molar-refractivity contribution is -0.136. The summed E-state index contributed by atoms with van der Waals surface area (Å²) in [6.45, 7) is 17.2. The normalized spacial score (nSPS) is 13.8. The molecule has 0 bridgehead atoms. The molecule has 3 rings (SSSR count). The number of aryl methyl sites for hydroxylation is 1. The number of carbonyl (C=O) groups excluding carboxylic acids is 2. The SMILES string of the molecule is C.CC.CC(C)C.CCC(=O)O.Cc1ncsc1-c1ccc(C(C)NC=O)cc1.NCC(=O)N1CCC(O)C1. The van der Waals surface area contributed by atoms with Gasteiger partial charge < -0.3 is 26.2 Å². The molecular weight excluding hydrogens is 516 g/mol. The Morgan fingerprint density at radius 1 is 1.21 bits per heavy atom. The van der Waals surface area contributed by atoms with E-state index in [1.807, 2.05) is 45.3 Å².